The standard InChI is InChI=1S/C67H50N2/c1-66-44-19-18-38-59(66)65-57(36-22-41-63(65)69(66)49-29-10-5-11-30-49)55-33-14-17-40-62(55)68(50-42-43-53-52-31-12-15-37-58(52)67(2,60(53)45-50)48-27-8-4-9-28-48)61-39-16-13-32-54(61)56-35-21-26-47-25-20-34-51(64(47)56)46-23-6-3-7-24-46/h3-45,59H,1-2H3. The van der Waals surface area contributed by atoms with Crippen LogP contribution in [0.2, 0.25) is 0 Å². The molecule has 328 valence electrons. The maximum absolute atomic E-state index is 2.56. The van der Waals surface area contributed by atoms with Crippen molar-refractivity contribution in [3.8, 4) is 44.5 Å². The number of anilines is 5. The highest BCUT2D eigenvalue weighted by molar-refractivity contribution is 6.09. The van der Waals surface area contributed by atoms with Crippen LogP contribution in [-0.4, -0.2) is 5.54 Å². The zero-order chi connectivity index (χ0) is 46.1. The van der Waals surface area contributed by atoms with Gasteiger partial charge in [-0.2, -0.15) is 0 Å². The van der Waals surface area contributed by atoms with Gasteiger partial charge in [0.2, 0.25) is 0 Å². The van der Waals surface area contributed by atoms with Crippen LogP contribution in [0.15, 0.2) is 261 Å². The number of nitrogens with zero attached hydrogens (tertiary/aromatic N) is 2. The monoisotopic (exact) mass is 882 g/mol. The molecular weight excluding hydrogens is 833 g/mol. The number of hydrogen-bond donors (Lipinski definition) is 0. The van der Waals surface area contributed by atoms with E-state index in [4.69, 9.17) is 0 Å². The SMILES string of the molecule is CC1(c2ccccc2)c2ccccc2-c2ccc(N(c3ccccc3-c3cccc4c3C3C=CC=CC3(C)N4c3ccccc3)c3ccccc3-c3cccc4cccc(-c5ccccc5)c34)cc21. The van der Waals surface area contributed by atoms with E-state index in [1.807, 2.05) is 0 Å². The molecule has 2 heteroatoms. The molecule has 0 saturated heterocycles. The average molecular weight is 883 g/mol. The van der Waals surface area contributed by atoms with Gasteiger partial charge in [-0.1, -0.05) is 218 Å². The molecule has 10 aromatic rings. The molecule has 0 N–H and O–H groups in total. The molecule has 69 heavy (non-hydrogen) atoms. The second-order valence-corrected chi connectivity index (χ2v) is 19.1. The van der Waals surface area contributed by atoms with E-state index in [0.29, 0.717) is 0 Å². The molecule has 0 aromatic heterocycles. The van der Waals surface area contributed by atoms with E-state index in [-0.39, 0.29) is 16.9 Å². The molecule has 1 heterocycles. The molecular formula is C67H50N2. The first-order valence-corrected chi connectivity index (χ1v) is 24.2. The van der Waals surface area contributed by atoms with Gasteiger partial charge in [-0.3, -0.25) is 0 Å². The first kappa shape index (κ1) is 40.8. The van der Waals surface area contributed by atoms with Crippen molar-refractivity contribution in [1.29, 1.82) is 0 Å². The van der Waals surface area contributed by atoms with Crippen LogP contribution in [-0.2, 0) is 5.41 Å². The van der Waals surface area contributed by atoms with E-state index in [1.165, 1.54) is 83.3 Å². The number of fused-ring (bicyclic) bond motifs is 7. The summed E-state index contributed by atoms with van der Waals surface area (Å²) in [6.07, 6.45) is 9.25. The summed E-state index contributed by atoms with van der Waals surface area (Å²) >= 11 is 0. The van der Waals surface area contributed by atoms with Gasteiger partial charge in [-0.05, 0) is 123 Å². The van der Waals surface area contributed by atoms with Crippen molar-refractivity contribution in [2.24, 2.45) is 0 Å². The Hall–Kier alpha value is -8.46. The quantitative estimate of drug-likeness (QED) is 0.150. The van der Waals surface area contributed by atoms with Crippen molar-refractivity contribution in [3.05, 3.63) is 283 Å². The third-order valence-electron chi connectivity index (χ3n) is 15.4. The molecule has 3 aliphatic rings. The van der Waals surface area contributed by atoms with Crippen LogP contribution in [0.1, 0.15) is 42.0 Å². The fourth-order valence-electron chi connectivity index (χ4n) is 12.2. The normalized spacial score (nSPS) is 18.4. The van der Waals surface area contributed by atoms with Crippen LogP contribution in [0.3, 0.4) is 0 Å². The Balaban J connectivity index is 1.09. The highest BCUT2D eigenvalue weighted by Gasteiger charge is 2.48. The van der Waals surface area contributed by atoms with Crippen molar-refractivity contribution >= 4 is 39.2 Å². The molecule has 2 nitrogen and oxygen atoms in total. The predicted octanol–water partition coefficient (Wildman–Crippen LogP) is 17.8. The van der Waals surface area contributed by atoms with Crippen molar-refractivity contribution in [2.75, 3.05) is 9.80 Å². The molecule has 1 aliphatic heterocycles. The minimum atomic E-state index is -0.374. The summed E-state index contributed by atoms with van der Waals surface area (Å²) < 4.78 is 0. The molecule has 0 bridgehead atoms. The van der Waals surface area contributed by atoms with Crippen molar-refractivity contribution in [2.45, 2.75) is 30.7 Å². The third-order valence-corrected chi connectivity index (χ3v) is 15.4. The number of allylic oxidation sites excluding steroid dienone is 2. The van der Waals surface area contributed by atoms with Crippen LogP contribution in [0.4, 0.5) is 28.4 Å². The number of benzene rings is 10. The summed E-state index contributed by atoms with van der Waals surface area (Å²) in [5.74, 6) is 0.125. The Morgan fingerprint density at radius 2 is 1.00 bits per heavy atom. The lowest BCUT2D eigenvalue weighted by Crippen LogP contribution is -2.41. The molecule has 3 unspecified atom stereocenters. The van der Waals surface area contributed by atoms with Gasteiger partial charge in [0.25, 0.3) is 0 Å². The van der Waals surface area contributed by atoms with Crippen LogP contribution >= 0.6 is 0 Å². The summed E-state index contributed by atoms with van der Waals surface area (Å²) in [5.41, 5.74) is 20.1. The third kappa shape index (κ3) is 6.25. The Bertz CT molecular complexity index is 3660. The maximum atomic E-state index is 2.56. The van der Waals surface area contributed by atoms with E-state index in [1.54, 1.807) is 0 Å². The summed E-state index contributed by atoms with van der Waals surface area (Å²) in [5, 5.41) is 2.45. The van der Waals surface area contributed by atoms with E-state index in [2.05, 4.69) is 285 Å². The lowest BCUT2D eigenvalue weighted by Gasteiger charge is -2.39. The van der Waals surface area contributed by atoms with Gasteiger partial charge in [0.15, 0.2) is 0 Å². The van der Waals surface area contributed by atoms with Gasteiger partial charge in [-0.15, -0.1) is 0 Å². The van der Waals surface area contributed by atoms with Crippen LogP contribution < -0.4 is 9.80 Å². The predicted molar refractivity (Wildman–Crippen MR) is 290 cm³/mol. The van der Waals surface area contributed by atoms with E-state index >= 15 is 0 Å². The van der Waals surface area contributed by atoms with Gasteiger partial charge >= 0.3 is 0 Å². The summed E-state index contributed by atoms with van der Waals surface area (Å²) in [6, 6.07) is 87.6. The fourth-order valence-corrected chi connectivity index (χ4v) is 12.2. The molecule has 0 radical (unpaired) electrons. The number of rotatable bonds is 8. The molecule has 2 aliphatic carbocycles. The summed E-state index contributed by atoms with van der Waals surface area (Å²) in [6.45, 7) is 4.81. The van der Waals surface area contributed by atoms with Crippen LogP contribution in [0.5, 0.6) is 0 Å². The average Bonchev–Trinajstić information content (AvgIpc) is 3.84. The molecule has 10 aromatic carbocycles. The Labute approximate surface area is 405 Å². The summed E-state index contributed by atoms with van der Waals surface area (Å²) in [7, 11) is 0. The number of para-hydroxylation sites is 3. The zero-order valence-electron chi connectivity index (χ0n) is 38.8. The van der Waals surface area contributed by atoms with Gasteiger partial charge in [0.1, 0.15) is 0 Å². The molecule has 0 saturated carbocycles. The Kier molecular flexibility index (Phi) is 9.52. The Morgan fingerprint density at radius 1 is 0.435 bits per heavy atom. The Morgan fingerprint density at radius 3 is 1.74 bits per heavy atom. The molecule has 0 amide bonds. The number of hydrogen-bond acceptors (Lipinski definition) is 2. The first-order valence-electron chi connectivity index (χ1n) is 24.2. The molecule has 0 spiro atoms. The zero-order valence-corrected chi connectivity index (χ0v) is 38.8. The van der Waals surface area contributed by atoms with Crippen molar-refractivity contribution in [3.63, 3.8) is 0 Å². The lowest BCUT2D eigenvalue weighted by atomic mass is 9.74. The van der Waals surface area contributed by atoms with Crippen molar-refractivity contribution < 1.29 is 0 Å². The minimum absolute atomic E-state index is 0.125. The lowest BCUT2D eigenvalue weighted by molar-refractivity contribution is 0.542. The van der Waals surface area contributed by atoms with E-state index in [0.717, 1.165) is 22.6 Å². The van der Waals surface area contributed by atoms with E-state index in [9.17, 15) is 0 Å². The molecule has 3 atom stereocenters. The highest BCUT2D eigenvalue weighted by Crippen LogP contribution is 2.59. The van der Waals surface area contributed by atoms with Gasteiger partial charge < -0.3 is 9.80 Å². The molecule has 13 rings (SSSR count). The van der Waals surface area contributed by atoms with Gasteiger partial charge in [0, 0.05) is 39.5 Å². The van der Waals surface area contributed by atoms with Gasteiger partial charge in [-0.25, -0.2) is 0 Å². The first-order chi connectivity index (χ1) is 34.0. The topological polar surface area (TPSA) is 6.48 Å². The maximum Gasteiger partial charge on any atom is 0.0712 e. The second kappa shape index (κ2) is 16.1. The highest BCUT2D eigenvalue weighted by atomic mass is 15.2. The van der Waals surface area contributed by atoms with E-state index < -0.39 is 0 Å². The van der Waals surface area contributed by atoms with Gasteiger partial charge in [0.05, 0.1) is 16.9 Å². The molecule has 0 fully saturated rings. The fraction of sp³-hybridized carbons (Fsp3) is 0.0746. The van der Waals surface area contributed by atoms with Crippen LogP contribution in [0.25, 0.3) is 55.3 Å². The van der Waals surface area contributed by atoms with Crippen LogP contribution in [0, 0.1) is 0 Å². The smallest absolute Gasteiger partial charge is 0.0712 e. The summed E-state index contributed by atoms with van der Waals surface area (Å²) in [4.78, 5) is 5.11. The largest absolute Gasteiger partial charge is 0.331 e. The van der Waals surface area contributed by atoms with Crippen molar-refractivity contribution in [1.82, 2.24) is 0 Å². The second-order valence-electron chi connectivity index (χ2n) is 19.1. The minimum Gasteiger partial charge on any atom is -0.331 e.